The SMILES string of the molecule is COc1cc(OC)cc(-c2noc(N3CC4(CCC3=O)CCN(c3ccnc(C)c3)CC4)n2)c1. The first-order valence-corrected chi connectivity index (χ1v) is 11.5. The van der Waals surface area contributed by atoms with Gasteiger partial charge in [-0.3, -0.25) is 14.7 Å². The third-order valence-electron chi connectivity index (χ3n) is 6.99. The number of amides is 1. The molecule has 3 aromatic rings. The average Bonchev–Trinajstić information content (AvgIpc) is 3.36. The van der Waals surface area contributed by atoms with Crippen LogP contribution < -0.4 is 19.3 Å². The van der Waals surface area contributed by atoms with Crippen molar-refractivity contribution in [1.82, 2.24) is 15.1 Å². The largest absolute Gasteiger partial charge is 0.497 e. The molecule has 9 heteroatoms. The first-order valence-electron chi connectivity index (χ1n) is 11.5. The number of hydrogen-bond donors (Lipinski definition) is 0. The Morgan fingerprint density at radius 3 is 2.44 bits per heavy atom. The molecule has 0 radical (unpaired) electrons. The minimum atomic E-state index is 0.0243. The molecule has 2 saturated heterocycles. The molecule has 0 aliphatic carbocycles. The molecule has 178 valence electrons. The van der Waals surface area contributed by atoms with Crippen molar-refractivity contribution < 1.29 is 18.8 Å². The summed E-state index contributed by atoms with van der Waals surface area (Å²) in [4.78, 5) is 25.8. The third-order valence-corrected chi connectivity index (χ3v) is 6.99. The van der Waals surface area contributed by atoms with Gasteiger partial charge in [0.2, 0.25) is 11.7 Å². The summed E-state index contributed by atoms with van der Waals surface area (Å²) in [5.41, 5.74) is 2.99. The maximum Gasteiger partial charge on any atom is 0.331 e. The van der Waals surface area contributed by atoms with E-state index in [1.54, 1.807) is 25.2 Å². The van der Waals surface area contributed by atoms with Gasteiger partial charge >= 0.3 is 6.01 Å². The number of rotatable bonds is 5. The maximum absolute atomic E-state index is 12.8. The zero-order valence-corrected chi connectivity index (χ0v) is 19.8. The van der Waals surface area contributed by atoms with E-state index in [1.165, 1.54) is 5.69 Å². The highest BCUT2D eigenvalue weighted by molar-refractivity contribution is 5.92. The first kappa shape index (κ1) is 22.2. The molecule has 1 spiro atoms. The van der Waals surface area contributed by atoms with Gasteiger partial charge in [0, 0.05) is 55.3 Å². The van der Waals surface area contributed by atoms with Crippen LogP contribution in [-0.2, 0) is 4.79 Å². The predicted octanol–water partition coefficient (Wildman–Crippen LogP) is 3.87. The molecule has 0 saturated carbocycles. The number of methoxy groups -OCH3 is 2. The minimum Gasteiger partial charge on any atom is -0.497 e. The smallest absolute Gasteiger partial charge is 0.331 e. The van der Waals surface area contributed by atoms with Crippen molar-refractivity contribution in [3.8, 4) is 22.9 Å². The second-order valence-corrected chi connectivity index (χ2v) is 9.12. The molecular formula is C25H29N5O4. The molecule has 2 aliphatic rings. The summed E-state index contributed by atoms with van der Waals surface area (Å²) in [5.74, 6) is 1.67. The van der Waals surface area contributed by atoms with Gasteiger partial charge in [0.15, 0.2) is 0 Å². The molecule has 0 unspecified atom stereocenters. The average molecular weight is 464 g/mol. The Bertz CT molecular complexity index is 1160. The van der Waals surface area contributed by atoms with Gasteiger partial charge in [-0.1, -0.05) is 5.16 Å². The number of nitrogens with zero attached hydrogens (tertiary/aromatic N) is 5. The van der Waals surface area contributed by atoms with Crippen molar-refractivity contribution in [1.29, 1.82) is 0 Å². The zero-order chi connectivity index (χ0) is 23.7. The van der Waals surface area contributed by atoms with Crippen LogP contribution in [0, 0.1) is 12.3 Å². The Balaban J connectivity index is 1.33. The number of aromatic nitrogens is 3. The number of anilines is 2. The molecule has 2 fully saturated rings. The number of hydrogen-bond acceptors (Lipinski definition) is 8. The van der Waals surface area contributed by atoms with E-state index in [1.807, 2.05) is 25.3 Å². The van der Waals surface area contributed by atoms with Crippen LogP contribution in [0.15, 0.2) is 41.1 Å². The summed E-state index contributed by atoms with van der Waals surface area (Å²) in [6.07, 6.45) is 5.25. The predicted molar refractivity (Wildman–Crippen MR) is 127 cm³/mol. The number of ether oxygens (including phenoxy) is 2. The molecule has 5 rings (SSSR count). The Labute approximate surface area is 198 Å². The summed E-state index contributed by atoms with van der Waals surface area (Å²) in [6, 6.07) is 9.84. The van der Waals surface area contributed by atoms with Crippen molar-refractivity contribution in [2.45, 2.75) is 32.6 Å². The van der Waals surface area contributed by atoms with E-state index >= 15 is 0 Å². The Hall–Kier alpha value is -3.62. The molecule has 1 aromatic carbocycles. The van der Waals surface area contributed by atoms with Gasteiger partial charge in [-0.2, -0.15) is 4.98 Å². The van der Waals surface area contributed by atoms with Crippen molar-refractivity contribution in [2.24, 2.45) is 5.41 Å². The van der Waals surface area contributed by atoms with E-state index in [2.05, 4.69) is 32.2 Å². The normalized spacial score (nSPS) is 17.8. The van der Waals surface area contributed by atoms with E-state index in [0.29, 0.717) is 35.9 Å². The molecule has 2 aromatic heterocycles. The Kier molecular flexibility index (Phi) is 5.85. The van der Waals surface area contributed by atoms with Crippen LogP contribution in [0.25, 0.3) is 11.4 Å². The van der Waals surface area contributed by atoms with Crippen LogP contribution in [0.2, 0.25) is 0 Å². The summed E-state index contributed by atoms with van der Waals surface area (Å²) in [6.45, 7) is 4.51. The lowest BCUT2D eigenvalue weighted by atomic mass is 9.72. The fraction of sp³-hybridized carbons (Fsp3) is 0.440. The molecule has 0 atom stereocenters. The Morgan fingerprint density at radius 1 is 1.03 bits per heavy atom. The van der Waals surface area contributed by atoms with Gasteiger partial charge in [-0.15, -0.1) is 0 Å². The molecule has 9 nitrogen and oxygen atoms in total. The summed E-state index contributed by atoms with van der Waals surface area (Å²) in [7, 11) is 3.18. The zero-order valence-electron chi connectivity index (χ0n) is 19.8. The molecule has 0 bridgehead atoms. The van der Waals surface area contributed by atoms with Crippen LogP contribution in [0.1, 0.15) is 31.4 Å². The highest BCUT2D eigenvalue weighted by Crippen LogP contribution is 2.42. The van der Waals surface area contributed by atoms with E-state index in [0.717, 1.165) is 38.0 Å². The lowest BCUT2D eigenvalue weighted by Crippen LogP contribution is -2.51. The summed E-state index contributed by atoms with van der Waals surface area (Å²) in [5, 5.41) is 4.14. The first-order chi connectivity index (χ1) is 16.5. The lowest BCUT2D eigenvalue weighted by molar-refractivity contribution is -0.121. The second-order valence-electron chi connectivity index (χ2n) is 9.12. The fourth-order valence-corrected chi connectivity index (χ4v) is 4.94. The topological polar surface area (TPSA) is 93.8 Å². The molecule has 34 heavy (non-hydrogen) atoms. The molecule has 2 aliphatic heterocycles. The maximum atomic E-state index is 12.8. The van der Waals surface area contributed by atoms with Gasteiger partial charge < -0.3 is 18.9 Å². The van der Waals surface area contributed by atoms with Crippen molar-refractivity contribution in [3.05, 3.63) is 42.2 Å². The van der Waals surface area contributed by atoms with E-state index in [9.17, 15) is 4.79 Å². The van der Waals surface area contributed by atoms with Crippen LogP contribution in [-0.4, -0.2) is 54.9 Å². The van der Waals surface area contributed by atoms with Crippen molar-refractivity contribution in [3.63, 3.8) is 0 Å². The number of pyridine rings is 1. The fourth-order valence-electron chi connectivity index (χ4n) is 4.94. The van der Waals surface area contributed by atoms with E-state index < -0.39 is 0 Å². The highest BCUT2D eigenvalue weighted by Gasteiger charge is 2.43. The molecule has 1 amide bonds. The standard InChI is InChI=1S/C25H29N5O4/c1-17-12-19(5-9-26-17)29-10-7-25(8-11-29)6-4-22(31)30(16-25)24-27-23(28-34-24)18-13-20(32-2)15-21(14-18)33-3/h5,9,12-15H,4,6-8,10-11,16H2,1-3H3. The third kappa shape index (κ3) is 4.30. The highest BCUT2D eigenvalue weighted by atomic mass is 16.5. The van der Waals surface area contributed by atoms with Gasteiger partial charge in [-0.25, -0.2) is 0 Å². The van der Waals surface area contributed by atoms with Gasteiger partial charge in [-0.05, 0) is 55.9 Å². The Morgan fingerprint density at radius 2 is 1.76 bits per heavy atom. The van der Waals surface area contributed by atoms with Gasteiger partial charge in [0.1, 0.15) is 11.5 Å². The van der Waals surface area contributed by atoms with Crippen molar-refractivity contribution >= 4 is 17.6 Å². The van der Waals surface area contributed by atoms with E-state index in [-0.39, 0.29) is 17.3 Å². The second kappa shape index (κ2) is 8.96. The number of piperidine rings is 2. The number of carbonyl (C=O) groups is 1. The van der Waals surface area contributed by atoms with Crippen LogP contribution in [0.4, 0.5) is 11.7 Å². The quantitative estimate of drug-likeness (QED) is 0.563. The van der Waals surface area contributed by atoms with E-state index in [4.69, 9.17) is 14.0 Å². The monoisotopic (exact) mass is 463 g/mol. The lowest BCUT2D eigenvalue weighted by Gasteiger charge is -2.46. The summed E-state index contributed by atoms with van der Waals surface area (Å²) < 4.78 is 16.2. The van der Waals surface area contributed by atoms with Crippen LogP contribution in [0.5, 0.6) is 11.5 Å². The molecule has 0 N–H and O–H groups in total. The minimum absolute atomic E-state index is 0.0243. The van der Waals surface area contributed by atoms with Crippen LogP contribution in [0.3, 0.4) is 0 Å². The summed E-state index contributed by atoms with van der Waals surface area (Å²) >= 11 is 0. The number of aryl methyl sites for hydroxylation is 1. The van der Waals surface area contributed by atoms with Crippen molar-refractivity contribution in [2.75, 3.05) is 43.7 Å². The molecular weight excluding hydrogens is 434 g/mol. The van der Waals surface area contributed by atoms with Gasteiger partial charge in [0.05, 0.1) is 14.2 Å². The molecule has 4 heterocycles. The number of carbonyl (C=O) groups excluding carboxylic acids is 1. The van der Waals surface area contributed by atoms with Crippen LogP contribution >= 0.6 is 0 Å². The van der Waals surface area contributed by atoms with Gasteiger partial charge in [0.25, 0.3) is 0 Å². The number of benzene rings is 1.